The average molecular weight is 237 g/mol. The summed E-state index contributed by atoms with van der Waals surface area (Å²) in [7, 11) is 0. The number of thioether (sulfide) groups is 1. The first-order chi connectivity index (χ1) is 7.90. The molecule has 1 N–H and O–H groups in total. The zero-order chi connectivity index (χ0) is 11.2. The molecule has 0 saturated carbocycles. The van der Waals surface area contributed by atoms with Gasteiger partial charge in [0, 0.05) is 0 Å². The lowest BCUT2D eigenvalue weighted by Crippen LogP contribution is -2.13. The standard InChI is InChI=1S/C11H15N3OS/c1-2-6-12-8-10-13-11(14-15-10)9-5-3-4-7-16-9/h1,9,12H,3-8H2. The fourth-order valence-electron chi connectivity index (χ4n) is 1.66. The topological polar surface area (TPSA) is 51.0 Å². The number of hydrogen-bond donors (Lipinski definition) is 1. The first-order valence-electron chi connectivity index (χ1n) is 5.48. The summed E-state index contributed by atoms with van der Waals surface area (Å²) in [5.41, 5.74) is 0. The molecule has 4 nitrogen and oxygen atoms in total. The third kappa shape index (κ3) is 3.00. The van der Waals surface area contributed by atoms with Crippen LogP contribution in [0.25, 0.3) is 0 Å². The average Bonchev–Trinajstić information content (AvgIpc) is 2.79. The second-order valence-electron chi connectivity index (χ2n) is 3.71. The maximum Gasteiger partial charge on any atom is 0.240 e. The molecule has 1 aliphatic heterocycles. The molecule has 86 valence electrons. The quantitative estimate of drug-likeness (QED) is 0.638. The van der Waals surface area contributed by atoms with Crippen molar-refractivity contribution in [1.82, 2.24) is 15.5 Å². The van der Waals surface area contributed by atoms with Crippen molar-refractivity contribution >= 4 is 11.8 Å². The maximum atomic E-state index is 5.16. The normalized spacial score (nSPS) is 20.6. The molecule has 1 aliphatic rings. The van der Waals surface area contributed by atoms with Crippen molar-refractivity contribution < 1.29 is 4.52 Å². The van der Waals surface area contributed by atoms with Gasteiger partial charge in [-0.2, -0.15) is 16.7 Å². The summed E-state index contributed by atoms with van der Waals surface area (Å²) in [5.74, 6) is 5.16. The summed E-state index contributed by atoms with van der Waals surface area (Å²) in [4.78, 5) is 4.38. The van der Waals surface area contributed by atoms with Crippen LogP contribution in [0.3, 0.4) is 0 Å². The van der Waals surface area contributed by atoms with Crippen molar-refractivity contribution in [2.45, 2.75) is 31.1 Å². The molecule has 1 saturated heterocycles. The minimum Gasteiger partial charge on any atom is -0.338 e. The van der Waals surface area contributed by atoms with E-state index in [1.165, 1.54) is 18.6 Å². The van der Waals surface area contributed by atoms with Crippen LogP contribution in [0.2, 0.25) is 0 Å². The first-order valence-corrected chi connectivity index (χ1v) is 6.53. The summed E-state index contributed by atoms with van der Waals surface area (Å²) in [5, 5.41) is 7.46. The third-order valence-electron chi connectivity index (χ3n) is 2.45. The van der Waals surface area contributed by atoms with Gasteiger partial charge in [0.1, 0.15) is 0 Å². The molecular weight excluding hydrogens is 222 g/mol. The van der Waals surface area contributed by atoms with Crippen molar-refractivity contribution in [3.05, 3.63) is 11.7 Å². The van der Waals surface area contributed by atoms with E-state index in [-0.39, 0.29) is 0 Å². The van der Waals surface area contributed by atoms with Gasteiger partial charge < -0.3 is 4.52 Å². The van der Waals surface area contributed by atoms with Gasteiger partial charge in [-0.15, -0.1) is 6.42 Å². The van der Waals surface area contributed by atoms with Gasteiger partial charge in [0.2, 0.25) is 5.89 Å². The van der Waals surface area contributed by atoms with E-state index in [1.54, 1.807) is 0 Å². The monoisotopic (exact) mass is 237 g/mol. The third-order valence-corrected chi connectivity index (χ3v) is 3.83. The fraction of sp³-hybridized carbons (Fsp3) is 0.636. The van der Waals surface area contributed by atoms with Gasteiger partial charge >= 0.3 is 0 Å². The van der Waals surface area contributed by atoms with Crippen molar-refractivity contribution in [3.63, 3.8) is 0 Å². The number of rotatable bonds is 4. The van der Waals surface area contributed by atoms with Gasteiger partial charge in [0.05, 0.1) is 18.3 Å². The highest BCUT2D eigenvalue weighted by molar-refractivity contribution is 7.99. The van der Waals surface area contributed by atoms with Crippen LogP contribution in [0.4, 0.5) is 0 Å². The SMILES string of the molecule is C#CCNCc1nc(C2CCCCS2)no1. The highest BCUT2D eigenvalue weighted by Gasteiger charge is 2.21. The summed E-state index contributed by atoms with van der Waals surface area (Å²) in [6.07, 6.45) is 8.85. The molecule has 0 aromatic carbocycles. The molecule has 1 fully saturated rings. The minimum atomic E-state index is 0.416. The second-order valence-corrected chi connectivity index (χ2v) is 5.02. The lowest BCUT2D eigenvalue weighted by atomic mass is 10.2. The Balaban J connectivity index is 1.88. The van der Waals surface area contributed by atoms with Crippen molar-refractivity contribution in [2.24, 2.45) is 0 Å². The molecular formula is C11H15N3OS. The van der Waals surface area contributed by atoms with Crippen LogP contribution in [-0.2, 0) is 6.54 Å². The largest absolute Gasteiger partial charge is 0.338 e. The molecule has 0 aliphatic carbocycles. The van der Waals surface area contributed by atoms with Crippen LogP contribution in [0.1, 0.15) is 36.2 Å². The summed E-state index contributed by atoms with van der Waals surface area (Å²) >= 11 is 1.92. The lowest BCUT2D eigenvalue weighted by molar-refractivity contribution is 0.364. The van der Waals surface area contributed by atoms with Gasteiger partial charge in [-0.05, 0) is 18.6 Å². The zero-order valence-corrected chi connectivity index (χ0v) is 9.92. The Bertz CT molecular complexity index is 366. The van der Waals surface area contributed by atoms with Gasteiger partial charge in [-0.3, -0.25) is 5.32 Å². The smallest absolute Gasteiger partial charge is 0.240 e. The molecule has 1 atom stereocenters. The van der Waals surface area contributed by atoms with Crippen molar-refractivity contribution in [3.8, 4) is 12.3 Å². The second kappa shape index (κ2) is 5.92. The molecule has 0 amide bonds. The predicted octanol–water partition coefficient (Wildman–Crippen LogP) is 1.75. The van der Waals surface area contributed by atoms with E-state index in [0.717, 1.165) is 12.2 Å². The molecule has 1 aromatic rings. The molecule has 2 heterocycles. The van der Waals surface area contributed by atoms with Gasteiger partial charge in [-0.1, -0.05) is 17.5 Å². The highest BCUT2D eigenvalue weighted by Crippen LogP contribution is 2.36. The fourth-order valence-corrected chi connectivity index (χ4v) is 2.89. The highest BCUT2D eigenvalue weighted by atomic mass is 32.2. The van der Waals surface area contributed by atoms with Gasteiger partial charge in [0.15, 0.2) is 5.82 Å². The van der Waals surface area contributed by atoms with Crippen LogP contribution in [0.5, 0.6) is 0 Å². The Morgan fingerprint density at radius 1 is 1.56 bits per heavy atom. The van der Waals surface area contributed by atoms with Crippen LogP contribution >= 0.6 is 11.8 Å². The molecule has 0 radical (unpaired) electrons. The van der Waals surface area contributed by atoms with E-state index < -0.39 is 0 Å². The maximum absolute atomic E-state index is 5.16. The minimum absolute atomic E-state index is 0.416. The number of nitrogens with one attached hydrogen (secondary N) is 1. The molecule has 1 unspecified atom stereocenters. The first kappa shape index (κ1) is 11.5. The van der Waals surface area contributed by atoms with Crippen LogP contribution < -0.4 is 5.32 Å². The van der Waals surface area contributed by atoms with E-state index in [9.17, 15) is 0 Å². The van der Waals surface area contributed by atoms with E-state index in [2.05, 4.69) is 21.4 Å². The molecule has 16 heavy (non-hydrogen) atoms. The number of hydrogen-bond acceptors (Lipinski definition) is 5. The van der Waals surface area contributed by atoms with Crippen molar-refractivity contribution in [1.29, 1.82) is 0 Å². The van der Waals surface area contributed by atoms with Crippen molar-refractivity contribution in [2.75, 3.05) is 12.3 Å². The van der Waals surface area contributed by atoms with Crippen LogP contribution in [0.15, 0.2) is 4.52 Å². The zero-order valence-electron chi connectivity index (χ0n) is 9.11. The Labute approximate surface area is 99.6 Å². The predicted molar refractivity (Wildman–Crippen MR) is 63.9 cm³/mol. The molecule has 5 heteroatoms. The number of aromatic nitrogens is 2. The summed E-state index contributed by atoms with van der Waals surface area (Å²) < 4.78 is 5.16. The Morgan fingerprint density at radius 3 is 3.25 bits per heavy atom. The lowest BCUT2D eigenvalue weighted by Gasteiger charge is -2.17. The summed E-state index contributed by atoms with van der Waals surface area (Å²) in [6.45, 7) is 1.07. The molecule has 1 aromatic heterocycles. The Kier molecular flexibility index (Phi) is 4.25. The van der Waals surface area contributed by atoms with E-state index >= 15 is 0 Å². The number of terminal acetylenes is 1. The molecule has 0 bridgehead atoms. The van der Waals surface area contributed by atoms with E-state index in [1.807, 2.05) is 11.8 Å². The van der Waals surface area contributed by atoms with Crippen LogP contribution in [-0.4, -0.2) is 22.4 Å². The molecule has 0 spiro atoms. The molecule has 2 rings (SSSR count). The van der Waals surface area contributed by atoms with E-state index in [0.29, 0.717) is 24.2 Å². The van der Waals surface area contributed by atoms with Crippen LogP contribution in [0, 0.1) is 12.3 Å². The summed E-state index contributed by atoms with van der Waals surface area (Å²) in [6, 6.07) is 0. The van der Waals surface area contributed by atoms with Gasteiger partial charge in [0.25, 0.3) is 0 Å². The Hall–Kier alpha value is -0.990. The van der Waals surface area contributed by atoms with Gasteiger partial charge in [-0.25, -0.2) is 0 Å². The Morgan fingerprint density at radius 2 is 2.50 bits per heavy atom. The number of nitrogens with zero attached hydrogens (tertiary/aromatic N) is 2. The van der Waals surface area contributed by atoms with E-state index in [4.69, 9.17) is 10.9 Å².